The molecule has 1 rings (SSSR count). The van der Waals surface area contributed by atoms with Crippen molar-refractivity contribution in [3.63, 3.8) is 0 Å². The highest BCUT2D eigenvalue weighted by Crippen LogP contribution is 2.26. The second-order valence-corrected chi connectivity index (χ2v) is 2.03. The van der Waals surface area contributed by atoms with Gasteiger partial charge in [0.05, 0.1) is 6.61 Å². The SMILES string of the molecule is C=C1C(=O)CC1CO. The Hall–Kier alpha value is -0.630. The van der Waals surface area contributed by atoms with Gasteiger partial charge in [0.15, 0.2) is 5.78 Å². The van der Waals surface area contributed by atoms with Crippen molar-refractivity contribution in [1.82, 2.24) is 0 Å². The molecule has 1 N–H and O–H groups in total. The highest BCUT2D eigenvalue weighted by molar-refractivity contribution is 6.02. The number of carbonyl (C=O) groups excluding carboxylic acids is 1. The van der Waals surface area contributed by atoms with E-state index in [2.05, 4.69) is 6.58 Å². The molecule has 2 nitrogen and oxygen atoms in total. The van der Waals surface area contributed by atoms with Crippen molar-refractivity contribution in [1.29, 1.82) is 0 Å². The summed E-state index contributed by atoms with van der Waals surface area (Å²) in [5.41, 5.74) is 0.590. The lowest BCUT2D eigenvalue weighted by Crippen LogP contribution is -2.29. The van der Waals surface area contributed by atoms with Gasteiger partial charge in [-0.25, -0.2) is 0 Å². The zero-order chi connectivity index (χ0) is 6.15. The molecule has 0 aromatic heterocycles. The van der Waals surface area contributed by atoms with Crippen molar-refractivity contribution in [2.75, 3.05) is 6.61 Å². The van der Waals surface area contributed by atoms with Gasteiger partial charge in [0.1, 0.15) is 0 Å². The molecule has 0 amide bonds. The van der Waals surface area contributed by atoms with Crippen LogP contribution in [0.2, 0.25) is 0 Å². The molecule has 0 aromatic carbocycles. The molecule has 44 valence electrons. The molecule has 2 heteroatoms. The third-order valence-corrected chi connectivity index (χ3v) is 1.50. The first-order chi connectivity index (χ1) is 3.75. The molecule has 0 heterocycles. The smallest absolute Gasteiger partial charge is 0.159 e. The summed E-state index contributed by atoms with van der Waals surface area (Å²) in [7, 11) is 0. The monoisotopic (exact) mass is 112 g/mol. The predicted octanol–water partition coefficient (Wildman–Crippen LogP) is 0.124. The van der Waals surface area contributed by atoms with E-state index in [0.717, 1.165) is 0 Å². The van der Waals surface area contributed by atoms with Crippen LogP contribution in [0.15, 0.2) is 12.2 Å². The number of ketones is 1. The van der Waals surface area contributed by atoms with Gasteiger partial charge in [-0.05, 0) is 5.57 Å². The fraction of sp³-hybridized carbons (Fsp3) is 0.500. The van der Waals surface area contributed by atoms with Crippen LogP contribution < -0.4 is 0 Å². The summed E-state index contributed by atoms with van der Waals surface area (Å²) in [5, 5.41) is 8.46. The first-order valence-corrected chi connectivity index (χ1v) is 2.58. The summed E-state index contributed by atoms with van der Waals surface area (Å²) in [6.07, 6.45) is 0.495. The van der Waals surface area contributed by atoms with Crippen molar-refractivity contribution in [2.45, 2.75) is 6.42 Å². The fourth-order valence-corrected chi connectivity index (χ4v) is 0.749. The summed E-state index contributed by atoms with van der Waals surface area (Å²) in [4.78, 5) is 10.4. The minimum absolute atomic E-state index is 0.0718. The summed E-state index contributed by atoms with van der Waals surface area (Å²) < 4.78 is 0. The maximum Gasteiger partial charge on any atom is 0.159 e. The largest absolute Gasteiger partial charge is 0.396 e. The maximum absolute atomic E-state index is 10.4. The van der Waals surface area contributed by atoms with Crippen LogP contribution >= 0.6 is 0 Å². The summed E-state index contributed by atoms with van der Waals surface area (Å²) in [5.74, 6) is 0.173. The highest BCUT2D eigenvalue weighted by atomic mass is 16.3. The van der Waals surface area contributed by atoms with Gasteiger partial charge in [-0.3, -0.25) is 4.79 Å². The second kappa shape index (κ2) is 1.71. The molecule has 0 aliphatic heterocycles. The first kappa shape index (κ1) is 5.51. The molecular weight excluding hydrogens is 104 g/mol. The van der Waals surface area contributed by atoms with E-state index in [-0.39, 0.29) is 18.3 Å². The van der Waals surface area contributed by atoms with Crippen LogP contribution in [0.5, 0.6) is 0 Å². The van der Waals surface area contributed by atoms with Gasteiger partial charge in [0.25, 0.3) is 0 Å². The normalized spacial score (nSPS) is 27.9. The Morgan fingerprint density at radius 3 is 2.62 bits per heavy atom. The molecule has 0 aromatic rings. The van der Waals surface area contributed by atoms with Gasteiger partial charge < -0.3 is 5.11 Å². The Kier molecular flexibility index (Phi) is 1.18. The Morgan fingerprint density at radius 2 is 2.50 bits per heavy atom. The Bertz CT molecular complexity index is 137. The van der Waals surface area contributed by atoms with Crippen LogP contribution in [0.3, 0.4) is 0 Å². The van der Waals surface area contributed by atoms with Gasteiger partial charge in [-0.15, -0.1) is 0 Å². The van der Waals surface area contributed by atoms with Crippen molar-refractivity contribution >= 4 is 5.78 Å². The van der Waals surface area contributed by atoms with E-state index < -0.39 is 0 Å². The quantitative estimate of drug-likeness (QED) is 0.489. The van der Waals surface area contributed by atoms with Crippen LogP contribution in [-0.2, 0) is 4.79 Å². The molecule has 1 aliphatic rings. The molecule has 0 saturated heterocycles. The third kappa shape index (κ3) is 0.574. The lowest BCUT2D eigenvalue weighted by atomic mass is 9.80. The zero-order valence-corrected chi connectivity index (χ0v) is 4.55. The Morgan fingerprint density at radius 1 is 1.88 bits per heavy atom. The maximum atomic E-state index is 10.4. The molecule has 8 heavy (non-hydrogen) atoms. The minimum atomic E-state index is 0.0718. The molecule has 0 bridgehead atoms. The molecule has 1 fully saturated rings. The molecular formula is C6H8O2. The summed E-state index contributed by atoms with van der Waals surface area (Å²) in [6.45, 7) is 3.56. The molecule has 0 spiro atoms. The molecule has 1 aliphatic carbocycles. The second-order valence-electron chi connectivity index (χ2n) is 2.03. The van der Waals surface area contributed by atoms with Crippen LogP contribution in [0.4, 0.5) is 0 Å². The summed E-state index contributed by atoms with van der Waals surface area (Å²) >= 11 is 0. The molecule has 0 radical (unpaired) electrons. The van der Waals surface area contributed by atoms with E-state index in [0.29, 0.717) is 12.0 Å². The molecule has 1 unspecified atom stereocenters. The molecule has 1 atom stereocenters. The van der Waals surface area contributed by atoms with Crippen molar-refractivity contribution in [2.24, 2.45) is 5.92 Å². The van der Waals surface area contributed by atoms with Crippen LogP contribution in [-0.4, -0.2) is 17.5 Å². The topological polar surface area (TPSA) is 37.3 Å². The Balaban J connectivity index is 2.48. The number of hydrogen-bond donors (Lipinski definition) is 1. The number of aliphatic hydroxyl groups excluding tert-OH is 1. The van der Waals surface area contributed by atoms with Gasteiger partial charge in [-0.2, -0.15) is 0 Å². The van der Waals surface area contributed by atoms with Crippen LogP contribution in [0, 0.1) is 5.92 Å². The number of carbonyl (C=O) groups is 1. The van der Waals surface area contributed by atoms with Crippen molar-refractivity contribution in [3.8, 4) is 0 Å². The van der Waals surface area contributed by atoms with Gasteiger partial charge >= 0.3 is 0 Å². The van der Waals surface area contributed by atoms with E-state index in [4.69, 9.17) is 5.11 Å². The summed E-state index contributed by atoms with van der Waals surface area (Å²) in [6, 6.07) is 0. The van der Waals surface area contributed by atoms with Gasteiger partial charge in [-0.1, -0.05) is 6.58 Å². The number of rotatable bonds is 1. The molecule has 1 saturated carbocycles. The average molecular weight is 112 g/mol. The highest BCUT2D eigenvalue weighted by Gasteiger charge is 2.30. The lowest BCUT2D eigenvalue weighted by molar-refractivity contribution is -0.121. The minimum Gasteiger partial charge on any atom is -0.396 e. The number of aliphatic hydroxyl groups is 1. The fourth-order valence-electron chi connectivity index (χ4n) is 0.749. The van der Waals surface area contributed by atoms with Crippen molar-refractivity contribution in [3.05, 3.63) is 12.2 Å². The van der Waals surface area contributed by atoms with Crippen molar-refractivity contribution < 1.29 is 9.90 Å². The first-order valence-electron chi connectivity index (χ1n) is 2.58. The van der Waals surface area contributed by atoms with E-state index in [9.17, 15) is 4.79 Å². The number of Topliss-reactive ketones (excluding diaryl/α,β-unsaturated/α-hetero) is 1. The standard InChI is InChI=1S/C6H8O2/c1-4-5(3-7)2-6(4)8/h5,7H,1-3H2. The van der Waals surface area contributed by atoms with Crippen LogP contribution in [0.25, 0.3) is 0 Å². The van der Waals surface area contributed by atoms with Gasteiger partial charge in [0, 0.05) is 12.3 Å². The van der Waals surface area contributed by atoms with E-state index in [1.807, 2.05) is 0 Å². The van der Waals surface area contributed by atoms with Gasteiger partial charge in [0.2, 0.25) is 0 Å². The third-order valence-electron chi connectivity index (χ3n) is 1.50. The predicted molar refractivity (Wildman–Crippen MR) is 29.3 cm³/mol. The van der Waals surface area contributed by atoms with E-state index in [1.165, 1.54) is 0 Å². The average Bonchev–Trinajstić information content (AvgIpc) is 1.81. The van der Waals surface area contributed by atoms with Crippen LogP contribution in [0.1, 0.15) is 6.42 Å². The number of hydrogen-bond acceptors (Lipinski definition) is 2. The van der Waals surface area contributed by atoms with E-state index in [1.54, 1.807) is 0 Å². The zero-order valence-electron chi connectivity index (χ0n) is 4.55. The lowest BCUT2D eigenvalue weighted by Gasteiger charge is -2.24. The van der Waals surface area contributed by atoms with E-state index >= 15 is 0 Å². The Labute approximate surface area is 47.8 Å².